The fourth-order valence-corrected chi connectivity index (χ4v) is 1.49. The Kier molecular flexibility index (Phi) is 2.87. The van der Waals surface area contributed by atoms with Crippen LogP contribution in [0.4, 0.5) is 0 Å². The molecule has 15 heavy (non-hydrogen) atoms. The minimum Gasteiger partial charge on any atom is -0.486 e. The Labute approximate surface area is 87.4 Å². The van der Waals surface area contributed by atoms with Gasteiger partial charge in [-0.05, 0) is 17.7 Å². The number of fused-ring (bicyclic) bond motifs is 1. The molecule has 4 nitrogen and oxygen atoms in total. The van der Waals surface area contributed by atoms with Gasteiger partial charge < -0.3 is 19.4 Å². The Morgan fingerprint density at radius 1 is 1.33 bits per heavy atom. The molecule has 0 aliphatic carbocycles. The lowest BCUT2D eigenvalue weighted by molar-refractivity contribution is -0.109. The van der Waals surface area contributed by atoms with E-state index >= 15 is 0 Å². The maximum Gasteiger partial charge on any atom is 0.161 e. The van der Waals surface area contributed by atoms with E-state index in [1.165, 1.54) is 0 Å². The lowest BCUT2D eigenvalue weighted by Crippen LogP contribution is -2.15. The predicted molar refractivity (Wildman–Crippen MR) is 53.1 cm³/mol. The average Bonchev–Trinajstić information content (AvgIpc) is 2.29. The number of benzene rings is 1. The van der Waals surface area contributed by atoms with Crippen molar-refractivity contribution in [3.8, 4) is 11.5 Å². The molecule has 1 N–H and O–H groups in total. The molecule has 0 amide bonds. The maximum absolute atomic E-state index is 10.3. The first-order valence-corrected chi connectivity index (χ1v) is 4.82. The SMILES string of the molecule is O=CCC(O)c1ccc2c(c1)OCCO2. The molecule has 80 valence electrons. The molecule has 2 rings (SSSR count). The van der Waals surface area contributed by atoms with Crippen molar-refractivity contribution in [1.82, 2.24) is 0 Å². The monoisotopic (exact) mass is 208 g/mol. The first-order valence-electron chi connectivity index (χ1n) is 4.82. The molecule has 0 saturated heterocycles. The minimum absolute atomic E-state index is 0.0969. The molecule has 0 spiro atoms. The van der Waals surface area contributed by atoms with Gasteiger partial charge in [-0.25, -0.2) is 0 Å². The summed E-state index contributed by atoms with van der Waals surface area (Å²) in [7, 11) is 0. The molecule has 1 heterocycles. The van der Waals surface area contributed by atoms with Crippen LogP contribution in [0.5, 0.6) is 11.5 Å². The quantitative estimate of drug-likeness (QED) is 0.755. The smallest absolute Gasteiger partial charge is 0.161 e. The third-order valence-electron chi connectivity index (χ3n) is 2.27. The van der Waals surface area contributed by atoms with Crippen LogP contribution in [0.2, 0.25) is 0 Å². The summed E-state index contributed by atoms with van der Waals surface area (Å²) in [5.74, 6) is 1.31. The molecular formula is C11H12O4. The summed E-state index contributed by atoms with van der Waals surface area (Å²) in [6, 6.07) is 5.20. The van der Waals surface area contributed by atoms with Crippen molar-refractivity contribution >= 4 is 6.29 Å². The zero-order chi connectivity index (χ0) is 10.7. The molecule has 4 heteroatoms. The fourth-order valence-electron chi connectivity index (χ4n) is 1.49. The van der Waals surface area contributed by atoms with E-state index in [1.807, 2.05) is 0 Å². The summed E-state index contributed by atoms with van der Waals surface area (Å²) in [6.45, 7) is 1.06. The number of aldehydes is 1. The number of carbonyl (C=O) groups is 1. The van der Waals surface area contributed by atoms with Gasteiger partial charge in [-0.2, -0.15) is 0 Å². The average molecular weight is 208 g/mol. The van der Waals surface area contributed by atoms with Crippen LogP contribution >= 0.6 is 0 Å². The molecule has 1 aliphatic rings. The second-order valence-corrected chi connectivity index (χ2v) is 3.32. The van der Waals surface area contributed by atoms with E-state index in [1.54, 1.807) is 18.2 Å². The van der Waals surface area contributed by atoms with Crippen LogP contribution in [-0.4, -0.2) is 24.6 Å². The van der Waals surface area contributed by atoms with Gasteiger partial charge in [-0.1, -0.05) is 6.07 Å². The number of ether oxygens (including phenoxy) is 2. The van der Waals surface area contributed by atoms with Crippen molar-refractivity contribution in [3.05, 3.63) is 23.8 Å². The molecule has 1 aromatic carbocycles. The fraction of sp³-hybridized carbons (Fsp3) is 0.364. The van der Waals surface area contributed by atoms with Gasteiger partial charge in [0.15, 0.2) is 11.5 Å². The van der Waals surface area contributed by atoms with Gasteiger partial charge in [-0.3, -0.25) is 0 Å². The highest BCUT2D eigenvalue weighted by Crippen LogP contribution is 2.32. The topological polar surface area (TPSA) is 55.8 Å². The first-order chi connectivity index (χ1) is 7.31. The number of rotatable bonds is 3. The van der Waals surface area contributed by atoms with Crippen LogP contribution in [-0.2, 0) is 4.79 Å². The van der Waals surface area contributed by atoms with Gasteiger partial charge in [0.2, 0.25) is 0 Å². The van der Waals surface area contributed by atoms with E-state index in [-0.39, 0.29) is 6.42 Å². The van der Waals surface area contributed by atoms with Gasteiger partial charge in [0.1, 0.15) is 19.5 Å². The van der Waals surface area contributed by atoms with E-state index in [0.29, 0.717) is 36.6 Å². The van der Waals surface area contributed by atoms with Crippen molar-refractivity contribution in [1.29, 1.82) is 0 Å². The Morgan fingerprint density at radius 2 is 2.07 bits per heavy atom. The van der Waals surface area contributed by atoms with Crippen LogP contribution in [0.3, 0.4) is 0 Å². The number of carbonyl (C=O) groups excluding carboxylic acids is 1. The van der Waals surface area contributed by atoms with Crippen LogP contribution in [0.25, 0.3) is 0 Å². The van der Waals surface area contributed by atoms with Crippen LogP contribution < -0.4 is 9.47 Å². The van der Waals surface area contributed by atoms with Gasteiger partial charge >= 0.3 is 0 Å². The van der Waals surface area contributed by atoms with E-state index < -0.39 is 6.10 Å². The molecule has 0 radical (unpaired) electrons. The molecule has 0 bridgehead atoms. The zero-order valence-electron chi connectivity index (χ0n) is 8.18. The summed E-state index contributed by atoms with van der Waals surface area (Å²) in [4.78, 5) is 10.3. The highest BCUT2D eigenvalue weighted by molar-refractivity contribution is 5.52. The molecule has 1 atom stereocenters. The Morgan fingerprint density at radius 3 is 2.80 bits per heavy atom. The molecule has 0 fully saturated rings. The van der Waals surface area contributed by atoms with Crippen molar-refractivity contribution in [2.24, 2.45) is 0 Å². The second kappa shape index (κ2) is 4.31. The normalized spacial score (nSPS) is 15.8. The molecule has 1 unspecified atom stereocenters. The first kappa shape index (κ1) is 9.98. The van der Waals surface area contributed by atoms with Crippen LogP contribution in [0.15, 0.2) is 18.2 Å². The summed E-state index contributed by atoms with van der Waals surface area (Å²) >= 11 is 0. The van der Waals surface area contributed by atoms with Crippen LogP contribution in [0.1, 0.15) is 18.1 Å². The number of hydrogen-bond acceptors (Lipinski definition) is 4. The van der Waals surface area contributed by atoms with Crippen molar-refractivity contribution in [2.45, 2.75) is 12.5 Å². The summed E-state index contributed by atoms with van der Waals surface area (Å²) < 4.78 is 10.7. The largest absolute Gasteiger partial charge is 0.486 e. The molecule has 1 aromatic rings. The Balaban J connectivity index is 2.23. The second-order valence-electron chi connectivity index (χ2n) is 3.32. The highest BCUT2D eigenvalue weighted by atomic mass is 16.6. The van der Waals surface area contributed by atoms with Crippen molar-refractivity contribution < 1.29 is 19.4 Å². The molecule has 0 aromatic heterocycles. The Bertz CT molecular complexity index is 362. The van der Waals surface area contributed by atoms with Gasteiger partial charge in [0, 0.05) is 6.42 Å². The van der Waals surface area contributed by atoms with E-state index in [9.17, 15) is 9.90 Å². The number of aliphatic hydroxyl groups is 1. The third-order valence-corrected chi connectivity index (χ3v) is 2.27. The van der Waals surface area contributed by atoms with Crippen LogP contribution in [0, 0.1) is 0 Å². The summed E-state index contributed by atoms with van der Waals surface area (Å²) in [5.41, 5.74) is 0.673. The lowest BCUT2D eigenvalue weighted by atomic mass is 10.1. The van der Waals surface area contributed by atoms with E-state index in [2.05, 4.69) is 0 Å². The molecule has 1 aliphatic heterocycles. The highest BCUT2D eigenvalue weighted by Gasteiger charge is 2.14. The van der Waals surface area contributed by atoms with E-state index in [4.69, 9.17) is 9.47 Å². The zero-order valence-corrected chi connectivity index (χ0v) is 8.18. The third kappa shape index (κ3) is 2.10. The lowest BCUT2D eigenvalue weighted by Gasteiger charge is -2.19. The van der Waals surface area contributed by atoms with Crippen molar-refractivity contribution in [2.75, 3.05) is 13.2 Å². The Hall–Kier alpha value is -1.55. The molecular weight excluding hydrogens is 196 g/mol. The molecule has 0 saturated carbocycles. The maximum atomic E-state index is 10.3. The van der Waals surface area contributed by atoms with Gasteiger partial charge in [-0.15, -0.1) is 0 Å². The van der Waals surface area contributed by atoms with Gasteiger partial charge in [0.05, 0.1) is 6.10 Å². The summed E-state index contributed by atoms with van der Waals surface area (Å²) in [6.07, 6.45) is 0.0273. The predicted octanol–water partition coefficient (Wildman–Crippen LogP) is 1.08. The number of aliphatic hydroxyl groups excluding tert-OH is 1. The van der Waals surface area contributed by atoms with E-state index in [0.717, 1.165) is 0 Å². The van der Waals surface area contributed by atoms with Gasteiger partial charge in [0.25, 0.3) is 0 Å². The summed E-state index contributed by atoms with van der Waals surface area (Å²) in [5, 5.41) is 9.59. The number of hydrogen-bond donors (Lipinski definition) is 1. The van der Waals surface area contributed by atoms with Crippen molar-refractivity contribution in [3.63, 3.8) is 0 Å². The minimum atomic E-state index is -0.765. The standard InChI is InChI=1S/C11H12O4/c12-4-3-9(13)8-1-2-10-11(7-8)15-6-5-14-10/h1-2,4,7,9,13H,3,5-6H2.